The summed E-state index contributed by atoms with van der Waals surface area (Å²) in [6, 6.07) is 8.07. The van der Waals surface area contributed by atoms with Crippen LogP contribution in [0.15, 0.2) is 24.3 Å². The lowest BCUT2D eigenvalue weighted by Gasteiger charge is -2.34. The molecule has 2 aromatic rings. The molecular formula is C27H38N6O4. The molecule has 1 aromatic carbocycles. The predicted molar refractivity (Wildman–Crippen MR) is 138 cm³/mol. The molecule has 0 spiro atoms. The van der Waals surface area contributed by atoms with Crippen molar-refractivity contribution in [3.8, 4) is 0 Å². The third-order valence-corrected chi connectivity index (χ3v) is 8.65. The Morgan fingerprint density at radius 2 is 1.86 bits per heavy atom. The molecule has 0 bridgehead atoms. The number of nitrogens with one attached hydrogen (secondary N) is 1. The molecule has 3 atom stereocenters. The van der Waals surface area contributed by atoms with Crippen LogP contribution in [0.1, 0.15) is 37.9 Å². The van der Waals surface area contributed by atoms with Gasteiger partial charge in [-0.15, -0.1) is 0 Å². The van der Waals surface area contributed by atoms with Crippen LogP contribution >= 0.6 is 0 Å². The lowest BCUT2D eigenvalue weighted by atomic mass is 9.96. The van der Waals surface area contributed by atoms with E-state index < -0.39 is 0 Å². The summed E-state index contributed by atoms with van der Waals surface area (Å²) in [6.07, 6.45) is 3.35. The van der Waals surface area contributed by atoms with Crippen LogP contribution in [0.3, 0.4) is 0 Å². The van der Waals surface area contributed by atoms with Crippen molar-refractivity contribution in [2.45, 2.75) is 56.8 Å². The standard InChI is InChI=1S/C27H38N6O4/c1-30-19(8-9-24(34)32-13-10-18(11-14-32)27(36)37-3)16-28-26(35)25-22(30)12-15-33(25)17-23-29-20-6-4-5-7-21(20)31(23)2/h4-7,18-19,22,25H,8-17H2,1-3H3,(H,28,35). The molecule has 10 nitrogen and oxygen atoms in total. The van der Waals surface area contributed by atoms with Crippen molar-refractivity contribution in [3.63, 3.8) is 0 Å². The summed E-state index contributed by atoms with van der Waals surface area (Å²) in [5, 5.41) is 3.16. The van der Waals surface area contributed by atoms with Gasteiger partial charge in [0.2, 0.25) is 11.8 Å². The van der Waals surface area contributed by atoms with E-state index in [0.717, 1.165) is 29.8 Å². The molecule has 37 heavy (non-hydrogen) atoms. The number of fused-ring (bicyclic) bond motifs is 2. The number of aryl methyl sites for hydroxylation is 1. The molecule has 0 radical (unpaired) electrons. The molecule has 3 fully saturated rings. The van der Waals surface area contributed by atoms with Gasteiger partial charge in [0.05, 0.1) is 30.6 Å². The average molecular weight is 511 g/mol. The van der Waals surface area contributed by atoms with Crippen molar-refractivity contribution in [3.05, 3.63) is 30.1 Å². The van der Waals surface area contributed by atoms with E-state index in [1.54, 1.807) is 0 Å². The number of ether oxygens (including phenoxy) is 1. The van der Waals surface area contributed by atoms with Gasteiger partial charge in [0.25, 0.3) is 0 Å². The van der Waals surface area contributed by atoms with E-state index >= 15 is 0 Å². The van der Waals surface area contributed by atoms with Gasteiger partial charge < -0.3 is 19.5 Å². The molecule has 5 rings (SSSR count). The van der Waals surface area contributed by atoms with Crippen LogP contribution < -0.4 is 5.32 Å². The summed E-state index contributed by atoms with van der Waals surface area (Å²) < 4.78 is 6.96. The SMILES string of the molecule is COC(=O)C1CCN(C(=O)CCC2CNC(=O)C3C(CCN3Cc3nc4ccccc4n3C)N2C)CC1. The predicted octanol–water partition coefficient (Wildman–Crippen LogP) is 1.14. The lowest BCUT2D eigenvalue weighted by molar-refractivity contribution is -0.149. The second-order valence-corrected chi connectivity index (χ2v) is 10.6. The van der Waals surface area contributed by atoms with E-state index in [1.807, 2.05) is 30.1 Å². The highest BCUT2D eigenvalue weighted by atomic mass is 16.5. The van der Waals surface area contributed by atoms with E-state index in [-0.39, 0.29) is 41.8 Å². The molecule has 3 aliphatic heterocycles. The zero-order valence-electron chi connectivity index (χ0n) is 22.1. The Kier molecular flexibility index (Phi) is 7.48. The summed E-state index contributed by atoms with van der Waals surface area (Å²) in [5.41, 5.74) is 2.06. The fraction of sp³-hybridized carbons (Fsp3) is 0.630. The number of carbonyl (C=O) groups excluding carboxylic acids is 3. The summed E-state index contributed by atoms with van der Waals surface area (Å²) >= 11 is 0. The number of piperidine rings is 1. The fourth-order valence-corrected chi connectivity index (χ4v) is 6.32. The minimum absolute atomic E-state index is 0.0619. The van der Waals surface area contributed by atoms with Crippen LogP contribution in [0, 0.1) is 5.92 Å². The van der Waals surface area contributed by atoms with Gasteiger partial charge in [-0.25, -0.2) is 4.98 Å². The Morgan fingerprint density at radius 1 is 1.11 bits per heavy atom. The number of hydrogen-bond acceptors (Lipinski definition) is 7. The van der Waals surface area contributed by atoms with Crippen molar-refractivity contribution < 1.29 is 19.1 Å². The number of rotatable bonds is 6. The second-order valence-electron chi connectivity index (χ2n) is 10.6. The van der Waals surface area contributed by atoms with Crippen LogP contribution in [0.5, 0.6) is 0 Å². The lowest BCUT2D eigenvalue weighted by Crippen LogP contribution is -2.49. The molecule has 3 aliphatic rings. The monoisotopic (exact) mass is 510 g/mol. The number of methoxy groups -OCH3 is 1. The van der Waals surface area contributed by atoms with Crippen molar-refractivity contribution in [2.75, 3.05) is 40.3 Å². The maximum atomic E-state index is 13.2. The van der Waals surface area contributed by atoms with E-state index in [4.69, 9.17) is 9.72 Å². The van der Waals surface area contributed by atoms with Crippen LogP contribution in [-0.4, -0.2) is 100 Å². The van der Waals surface area contributed by atoms with E-state index in [9.17, 15) is 14.4 Å². The quantitative estimate of drug-likeness (QED) is 0.582. The number of imidazole rings is 1. The minimum atomic E-state index is -0.233. The molecule has 10 heteroatoms. The van der Waals surface area contributed by atoms with Crippen molar-refractivity contribution in [1.29, 1.82) is 0 Å². The number of esters is 1. The average Bonchev–Trinajstić information content (AvgIpc) is 3.45. The zero-order chi connectivity index (χ0) is 26.1. The van der Waals surface area contributed by atoms with Gasteiger partial charge in [0.1, 0.15) is 11.9 Å². The summed E-state index contributed by atoms with van der Waals surface area (Å²) in [4.78, 5) is 49.2. The maximum absolute atomic E-state index is 13.2. The largest absolute Gasteiger partial charge is 0.469 e. The third-order valence-electron chi connectivity index (χ3n) is 8.65. The van der Waals surface area contributed by atoms with Crippen LogP contribution in [-0.2, 0) is 32.7 Å². The number of amides is 2. The molecule has 200 valence electrons. The molecule has 4 heterocycles. The Balaban J connectivity index is 1.19. The number of aromatic nitrogens is 2. The third kappa shape index (κ3) is 5.09. The van der Waals surface area contributed by atoms with Crippen molar-refractivity contribution >= 4 is 28.8 Å². The van der Waals surface area contributed by atoms with E-state index in [1.165, 1.54) is 7.11 Å². The molecule has 3 unspecified atom stereocenters. The number of likely N-dealkylation sites (N-methyl/N-ethyl adjacent to an activating group) is 1. The molecule has 1 aromatic heterocycles. The summed E-state index contributed by atoms with van der Waals surface area (Å²) in [7, 11) is 5.53. The number of likely N-dealkylation sites (tertiary alicyclic amines) is 2. The van der Waals surface area contributed by atoms with Crippen molar-refractivity contribution in [1.82, 2.24) is 29.6 Å². The highest BCUT2D eigenvalue weighted by Gasteiger charge is 2.45. The Hall–Kier alpha value is -2.98. The van der Waals surface area contributed by atoms with Gasteiger partial charge in [-0.1, -0.05) is 12.1 Å². The first-order chi connectivity index (χ1) is 17.9. The number of nitrogens with zero attached hydrogens (tertiary/aromatic N) is 5. The number of hydrogen-bond donors (Lipinski definition) is 1. The van der Waals surface area contributed by atoms with E-state index in [0.29, 0.717) is 51.9 Å². The van der Waals surface area contributed by atoms with Gasteiger partial charge in [0, 0.05) is 51.7 Å². The zero-order valence-corrected chi connectivity index (χ0v) is 22.1. The molecule has 2 amide bonds. The molecular weight excluding hydrogens is 472 g/mol. The van der Waals surface area contributed by atoms with E-state index in [2.05, 4.69) is 32.8 Å². The van der Waals surface area contributed by atoms with Gasteiger partial charge in [-0.2, -0.15) is 0 Å². The fourth-order valence-electron chi connectivity index (χ4n) is 6.32. The van der Waals surface area contributed by atoms with Gasteiger partial charge >= 0.3 is 5.97 Å². The number of benzene rings is 1. The Bertz CT molecular complexity index is 1160. The maximum Gasteiger partial charge on any atom is 0.308 e. The van der Waals surface area contributed by atoms with Crippen LogP contribution in [0.4, 0.5) is 0 Å². The first-order valence-electron chi connectivity index (χ1n) is 13.4. The highest BCUT2D eigenvalue weighted by Crippen LogP contribution is 2.29. The normalized spacial score (nSPS) is 25.6. The topological polar surface area (TPSA) is 100 Å². The van der Waals surface area contributed by atoms with Crippen LogP contribution in [0.2, 0.25) is 0 Å². The van der Waals surface area contributed by atoms with Gasteiger partial charge in [0.15, 0.2) is 0 Å². The molecule has 0 aliphatic carbocycles. The number of carbonyl (C=O) groups is 3. The van der Waals surface area contributed by atoms with Crippen molar-refractivity contribution in [2.24, 2.45) is 13.0 Å². The highest BCUT2D eigenvalue weighted by molar-refractivity contribution is 5.83. The Labute approximate surface area is 217 Å². The second kappa shape index (κ2) is 10.8. The van der Waals surface area contributed by atoms with Gasteiger partial charge in [-0.3, -0.25) is 24.2 Å². The minimum Gasteiger partial charge on any atom is -0.469 e. The number of para-hydroxylation sites is 2. The van der Waals surface area contributed by atoms with Crippen LogP contribution in [0.25, 0.3) is 11.0 Å². The smallest absolute Gasteiger partial charge is 0.308 e. The summed E-state index contributed by atoms with van der Waals surface area (Å²) in [6.45, 7) is 3.19. The Morgan fingerprint density at radius 3 is 2.59 bits per heavy atom. The molecule has 3 saturated heterocycles. The molecule has 1 N–H and O–H groups in total. The van der Waals surface area contributed by atoms with Gasteiger partial charge in [-0.05, 0) is 44.9 Å². The first kappa shape index (κ1) is 25.7. The first-order valence-corrected chi connectivity index (χ1v) is 13.4. The molecule has 0 saturated carbocycles. The summed E-state index contributed by atoms with van der Waals surface area (Å²) in [5.74, 6) is 0.855.